The fourth-order valence-corrected chi connectivity index (χ4v) is 3.36. The average molecular weight is 326 g/mol. The maximum absolute atomic E-state index is 12.4. The average Bonchev–Trinajstić information content (AvgIpc) is 3.12. The molecule has 1 aliphatic carbocycles. The summed E-state index contributed by atoms with van der Waals surface area (Å²) in [6.45, 7) is 4.21. The number of hydrogen-bond donors (Lipinski definition) is 3. The summed E-state index contributed by atoms with van der Waals surface area (Å²) in [6.07, 6.45) is 8.42. The second-order valence-corrected chi connectivity index (χ2v) is 6.79. The van der Waals surface area contributed by atoms with E-state index in [-0.39, 0.29) is 11.9 Å². The summed E-state index contributed by atoms with van der Waals surface area (Å²) >= 11 is 0. The molecule has 3 N–H and O–H groups in total. The van der Waals surface area contributed by atoms with Crippen LogP contribution < -0.4 is 10.6 Å². The van der Waals surface area contributed by atoms with Crippen molar-refractivity contribution in [3.8, 4) is 11.3 Å². The van der Waals surface area contributed by atoms with Gasteiger partial charge in [-0.25, -0.2) is 4.98 Å². The van der Waals surface area contributed by atoms with E-state index in [9.17, 15) is 4.79 Å². The second kappa shape index (κ2) is 7.62. The minimum Gasteiger partial charge on any atom is -0.345 e. The van der Waals surface area contributed by atoms with E-state index in [1.54, 1.807) is 12.5 Å². The molecule has 1 aromatic heterocycles. The number of aromatic nitrogens is 2. The molecule has 2 aromatic rings. The van der Waals surface area contributed by atoms with Gasteiger partial charge >= 0.3 is 0 Å². The lowest BCUT2D eigenvalue weighted by atomic mass is 9.85. The number of imidazole rings is 1. The van der Waals surface area contributed by atoms with E-state index >= 15 is 0 Å². The molecule has 0 bridgehead atoms. The lowest BCUT2D eigenvalue weighted by Crippen LogP contribution is -2.47. The number of hydrogen-bond acceptors (Lipinski definition) is 3. The molecule has 1 fully saturated rings. The molecular formula is C19H26N4O. The number of aromatic amines is 1. The molecule has 24 heavy (non-hydrogen) atoms. The van der Waals surface area contributed by atoms with Crippen molar-refractivity contribution >= 4 is 11.6 Å². The van der Waals surface area contributed by atoms with Crippen LogP contribution in [0, 0.1) is 5.92 Å². The Labute approximate surface area is 143 Å². The normalized spacial score (nSPS) is 22.1. The Kier molecular flexibility index (Phi) is 5.30. The maximum atomic E-state index is 12.4. The van der Waals surface area contributed by atoms with Crippen LogP contribution in [0.25, 0.3) is 11.3 Å². The van der Waals surface area contributed by atoms with Crippen LogP contribution >= 0.6 is 0 Å². The molecule has 0 radical (unpaired) electrons. The van der Waals surface area contributed by atoms with Gasteiger partial charge in [-0.15, -0.1) is 0 Å². The smallest absolute Gasteiger partial charge is 0.241 e. The molecule has 1 saturated carbocycles. The Balaban J connectivity index is 1.55. The molecule has 0 spiro atoms. The monoisotopic (exact) mass is 326 g/mol. The molecule has 1 heterocycles. The van der Waals surface area contributed by atoms with Crippen LogP contribution in [0.3, 0.4) is 0 Å². The van der Waals surface area contributed by atoms with Gasteiger partial charge in [0.2, 0.25) is 5.91 Å². The van der Waals surface area contributed by atoms with Crippen molar-refractivity contribution in [1.29, 1.82) is 0 Å². The summed E-state index contributed by atoms with van der Waals surface area (Å²) in [7, 11) is 0. The Morgan fingerprint density at radius 2 is 2.00 bits per heavy atom. The molecular weight excluding hydrogens is 300 g/mol. The first-order chi connectivity index (χ1) is 11.6. The number of rotatable bonds is 5. The number of nitrogens with one attached hydrogen (secondary N) is 3. The standard InChI is InChI=1S/C19H26N4O/c1-13-5-3-4-6-17(13)22-14(2)19(24)23-16-9-7-15(8-10-16)18-11-20-12-21-18/h7-14,17,22H,3-6H2,1-2H3,(H,20,21)(H,23,24)/t13-,14+,17-/m1/s1. The van der Waals surface area contributed by atoms with Crippen molar-refractivity contribution in [2.24, 2.45) is 5.92 Å². The Bertz CT molecular complexity index is 651. The van der Waals surface area contributed by atoms with Gasteiger partial charge in [0, 0.05) is 11.7 Å². The highest BCUT2D eigenvalue weighted by molar-refractivity contribution is 5.94. The number of carbonyl (C=O) groups is 1. The van der Waals surface area contributed by atoms with E-state index in [0.29, 0.717) is 12.0 Å². The van der Waals surface area contributed by atoms with E-state index in [1.165, 1.54) is 19.3 Å². The maximum Gasteiger partial charge on any atom is 0.241 e. The fourth-order valence-electron chi connectivity index (χ4n) is 3.36. The molecule has 0 unspecified atom stereocenters. The number of H-pyrrole nitrogens is 1. The summed E-state index contributed by atoms with van der Waals surface area (Å²) in [5.74, 6) is 0.657. The fraction of sp³-hybridized carbons (Fsp3) is 0.474. The highest BCUT2D eigenvalue weighted by Crippen LogP contribution is 2.24. The predicted molar refractivity (Wildman–Crippen MR) is 96.7 cm³/mol. The SMILES string of the molecule is C[C@H](N[C@@H]1CCCC[C@H]1C)C(=O)Nc1ccc(-c2cnc[nH]2)cc1. The first-order valence-corrected chi connectivity index (χ1v) is 8.79. The third kappa shape index (κ3) is 4.03. The first kappa shape index (κ1) is 16.7. The van der Waals surface area contributed by atoms with E-state index in [0.717, 1.165) is 23.4 Å². The summed E-state index contributed by atoms with van der Waals surface area (Å²) in [4.78, 5) is 19.5. The summed E-state index contributed by atoms with van der Waals surface area (Å²) < 4.78 is 0. The lowest BCUT2D eigenvalue weighted by molar-refractivity contribution is -0.118. The van der Waals surface area contributed by atoms with Crippen molar-refractivity contribution in [2.45, 2.75) is 51.6 Å². The van der Waals surface area contributed by atoms with Gasteiger partial charge in [0.1, 0.15) is 0 Å². The molecule has 5 heteroatoms. The van der Waals surface area contributed by atoms with Crippen molar-refractivity contribution in [2.75, 3.05) is 5.32 Å². The Hall–Kier alpha value is -2.14. The minimum absolute atomic E-state index is 0.0158. The van der Waals surface area contributed by atoms with E-state index in [1.807, 2.05) is 31.2 Å². The van der Waals surface area contributed by atoms with Crippen molar-refractivity contribution in [3.63, 3.8) is 0 Å². The van der Waals surface area contributed by atoms with Crippen LogP contribution in [0.2, 0.25) is 0 Å². The highest BCUT2D eigenvalue weighted by atomic mass is 16.2. The zero-order valence-corrected chi connectivity index (χ0v) is 14.4. The van der Waals surface area contributed by atoms with Gasteiger partial charge in [-0.2, -0.15) is 0 Å². The molecule has 1 aromatic carbocycles. The van der Waals surface area contributed by atoms with Gasteiger partial charge in [-0.05, 0) is 43.4 Å². The number of anilines is 1. The zero-order valence-electron chi connectivity index (χ0n) is 14.4. The zero-order chi connectivity index (χ0) is 16.9. The van der Waals surface area contributed by atoms with Crippen LogP contribution in [-0.2, 0) is 4.79 Å². The largest absolute Gasteiger partial charge is 0.345 e. The molecule has 1 amide bonds. The van der Waals surface area contributed by atoms with Crippen LogP contribution in [0.4, 0.5) is 5.69 Å². The summed E-state index contributed by atoms with van der Waals surface area (Å²) in [5, 5.41) is 6.49. The molecule has 0 aliphatic heterocycles. The van der Waals surface area contributed by atoms with E-state index in [2.05, 4.69) is 27.5 Å². The first-order valence-electron chi connectivity index (χ1n) is 8.79. The van der Waals surface area contributed by atoms with Crippen molar-refractivity contribution in [1.82, 2.24) is 15.3 Å². The van der Waals surface area contributed by atoms with Crippen molar-refractivity contribution < 1.29 is 4.79 Å². The topological polar surface area (TPSA) is 69.8 Å². The van der Waals surface area contributed by atoms with Gasteiger partial charge in [0.25, 0.3) is 0 Å². The second-order valence-electron chi connectivity index (χ2n) is 6.79. The lowest BCUT2D eigenvalue weighted by Gasteiger charge is -2.31. The molecule has 1 aliphatic rings. The number of carbonyl (C=O) groups excluding carboxylic acids is 1. The van der Waals surface area contributed by atoms with Gasteiger partial charge in [-0.3, -0.25) is 4.79 Å². The third-order valence-corrected chi connectivity index (χ3v) is 4.93. The van der Waals surface area contributed by atoms with Crippen LogP contribution in [0.1, 0.15) is 39.5 Å². The molecule has 5 nitrogen and oxygen atoms in total. The Morgan fingerprint density at radius 3 is 2.67 bits per heavy atom. The number of amides is 1. The number of nitrogens with zero attached hydrogens (tertiary/aromatic N) is 1. The molecule has 3 rings (SSSR count). The number of benzene rings is 1. The molecule has 0 saturated heterocycles. The van der Waals surface area contributed by atoms with E-state index in [4.69, 9.17) is 0 Å². The van der Waals surface area contributed by atoms with Gasteiger partial charge < -0.3 is 15.6 Å². The molecule has 3 atom stereocenters. The van der Waals surface area contributed by atoms with Crippen molar-refractivity contribution in [3.05, 3.63) is 36.8 Å². The highest BCUT2D eigenvalue weighted by Gasteiger charge is 2.24. The van der Waals surface area contributed by atoms with E-state index < -0.39 is 0 Å². The van der Waals surface area contributed by atoms with Gasteiger partial charge in [0.05, 0.1) is 24.3 Å². The van der Waals surface area contributed by atoms with Crippen LogP contribution in [0.15, 0.2) is 36.8 Å². The quantitative estimate of drug-likeness (QED) is 0.786. The van der Waals surface area contributed by atoms with Crippen LogP contribution in [-0.4, -0.2) is 28.0 Å². The van der Waals surface area contributed by atoms with Crippen LogP contribution in [0.5, 0.6) is 0 Å². The van der Waals surface area contributed by atoms with Gasteiger partial charge in [0.15, 0.2) is 0 Å². The third-order valence-electron chi connectivity index (χ3n) is 4.93. The Morgan fingerprint density at radius 1 is 1.25 bits per heavy atom. The summed E-state index contributed by atoms with van der Waals surface area (Å²) in [6, 6.07) is 8.05. The van der Waals surface area contributed by atoms with Gasteiger partial charge in [-0.1, -0.05) is 31.9 Å². The summed E-state index contributed by atoms with van der Waals surface area (Å²) in [5.41, 5.74) is 2.83. The molecule has 128 valence electrons. The minimum atomic E-state index is -0.192. The predicted octanol–water partition coefficient (Wildman–Crippen LogP) is 3.57.